The summed E-state index contributed by atoms with van der Waals surface area (Å²) in [5, 5.41) is 2.50. The number of alkyl halides is 3. The van der Waals surface area contributed by atoms with Gasteiger partial charge in [0.1, 0.15) is 5.75 Å². The summed E-state index contributed by atoms with van der Waals surface area (Å²) in [5.74, 6) is -0.0528. The Balaban J connectivity index is 2.70. The highest BCUT2D eigenvalue weighted by Gasteiger charge is 2.28. The molecule has 0 aliphatic rings. The molecule has 3 nitrogen and oxygen atoms in total. The molecule has 1 rings (SSSR count). The number of nitrogens with one attached hydrogen (secondary N) is 1. The van der Waals surface area contributed by atoms with Crippen molar-refractivity contribution in [3.8, 4) is 5.75 Å². The smallest absolute Gasteiger partial charge is 0.422 e. The quantitative estimate of drug-likeness (QED) is 0.900. The van der Waals surface area contributed by atoms with Crippen LogP contribution in [0.25, 0.3) is 0 Å². The third-order valence-electron chi connectivity index (χ3n) is 1.83. The molecular weight excluding hydrogens is 267 g/mol. The molecule has 1 N–H and O–H groups in total. The second-order valence-corrected chi connectivity index (χ2v) is 4.25. The van der Waals surface area contributed by atoms with Gasteiger partial charge in [-0.2, -0.15) is 24.9 Å². The highest BCUT2D eigenvalue weighted by atomic mass is 32.2. The largest absolute Gasteiger partial charge is 0.482 e. The molecule has 0 atom stereocenters. The maximum Gasteiger partial charge on any atom is 0.422 e. The third kappa shape index (κ3) is 5.31. The molecule has 0 radical (unpaired) electrons. The molecule has 0 aliphatic heterocycles. The van der Waals surface area contributed by atoms with Crippen LogP contribution < -0.4 is 10.1 Å². The minimum Gasteiger partial charge on any atom is -0.482 e. The van der Waals surface area contributed by atoms with Crippen molar-refractivity contribution in [2.75, 3.05) is 23.9 Å². The number of anilines is 1. The number of thioether (sulfide) groups is 1. The van der Waals surface area contributed by atoms with E-state index in [-0.39, 0.29) is 23.1 Å². The zero-order valence-corrected chi connectivity index (χ0v) is 10.4. The maximum absolute atomic E-state index is 12.0. The molecule has 0 spiro atoms. The van der Waals surface area contributed by atoms with Gasteiger partial charge in [-0.3, -0.25) is 4.79 Å². The van der Waals surface area contributed by atoms with Crippen LogP contribution in [0.15, 0.2) is 24.3 Å². The van der Waals surface area contributed by atoms with Crippen molar-refractivity contribution in [2.45, 2.75) is 6.18 Å². The van der Waals surface area contributed by atoms with Crippen LogP contribution in [-0.2, 0) is 4.79 Å². The average molecular weight is 279 g/mol. The number of halogens is 3. The van der Waals surface area contributed by atoms with E-state index in [0.29, 0.717) is 0 Å². The highest BCUT2D eigenvalue weighted by molar-refractivity contribution is 7.99. The van der Waals surface area contributed by atoms with Crippen LogP contribution in [0.1, 0.15) is 0 Å². The summed E-state index contributed by atoms with van der Waals surface area (Å²) in [6.07, 6.45) is -2.65. The van der Waals surface area contributed by atoms with Gasteiger partial charge in [0, 0.05) is 0 Å². The highest BCUT2D eigenvalue weighted by Crippen LogP contribution is 2.26. The zero-order valence-electron chi connectivity index (χ0n) is 9.58. The normalized spacial score (nSPS) is 11.1. The fourth-order valence-corrected chi connectivity index (χ4v) is 1.51. The van der Waals surface area contributed by atoms with Gasteiger partial charge < -0.3 is 10.1 Å². The number of hydrogen-bond donors (Lipinski definition) is 1. The third-order valence-corrected chi connectivity index (χ3v) is 2.38. The lowest BCUT2D eigenvalue weighted by atomic mass is 10.3. The SMILES string of the molecule is CSCC(=O)Nc1ccccc1OCC(F)(F)F. The first-order chi connectivity index (χ1) is 8.42. The molecule has 0 bridgehead atoms. The number of carbonyl (C=O) groups excluding carboxylic acids is 1. The summed E-state index contributed by atoms with van der Waals surface area (Å²) in [7, 11) is 0. The van der Waals surface area contributed by atoms with Gasteiger partial charge in [-0.25, -0.2) is 0 Å². The number of carbonyl (C=O) groups is 1. The minimum absolute atomic E-state index is 0.00396. The molecule has 1 amide bonds. The lowest BCUT2D eigenvalue weighted by molar-refractivity contribution is -0.153. The lowest BCUT2D eigenvalue weighted by Gasteiger charge is -2.13. The Morgan fingerprint density at radius 1 is 1.39 bits per heavy atom. The van der Waals surface area contributed by atoms with Crippen LogP contribution in [0, 0.1) is 0 Å². The molecule has 1 aromatic rings. The number of para-hydroxylation sites is 2. The topological polar surface area (TPSA) is 38.3 Å². The van der Waals surface area contributed by atoms with Gasteiger partial charge in [-0.05, 0) is 18.4 Å². The average Bonchev–Trinajstić information content (AvgIpc) is 2.27. The summed E-state index contributed by atoms with van der Waals surface area (Å²) in [6.45, 7) is -1.39. The lowest BCUT2D eigenvalue weighted by Crippen LogP contribution is -2.20. The first-order valence-electron chi connectivity index (χ1n) is 5.00. The molecular formula is C11H12F3NO2S. The van der Waals surface area contributed by atoms with Crippen molar-refractivity contribution in [3.63, 3.8) is 0 Å². The van der Waals surface area contributed by atoms with Gasteiger partial charge in [0.15, 0.2) is 6.61 Å². The Bertz CT molecular complexity index is 410. The van der Waals surface area contributed by atoms with E-state index < -0.39 is 12.8 Å². The Hall–Kier alpha value is -1.37. The molecule has 100 valence electrons. The van der Waals surface area contributed by atoms with E-state index in [4.69, 9.17) is 0 Å². The molecule has 0 fully saturated rings. The van der Waals surface area contributed by atoms with Gasteiger partial charge in [0.2, 0.25) is 5.91 Å². The zero-order chi connectivity index (χ0) is 13.6. The number of hydrogen-bond acceptors (Lipinski definition) is 3. The van der Waals surface area contributed by atoms with E-state index in [2.05, 4.69) is 10.1 Å². The summed E-state index contributed by atoms with van der Waals surface area (Å²) in [6, 6.07) is 6.01. The molecule has 0 heterocycles. The Labute approximate surface area is 107 Å². The van der Waals surface area contributed by atoms with Crippen molar-refractivity contribution in [3.05, 3.63) is 24.3 Å². The fraction of sp³-hybridized carbons (Fsp3) is 0.364. The van der Waals surface area contributed by atoms with Crippen LogP contribution in [0.5, 0.6) is 5.75 Å². The molecule has 0 aliphatic carbocycles. The number of ether oxygens (including phenoxy) is 1. The summed E-state index contributed by atoms with van der Waals surface area (Å²) in [4.78, 5) is 11.4. The monoisotopic (exact) mass is 279 g/mol. The summed E-state index contributed by atoms with van der Waals surface area (Å²) < 4.78 is 40.8. The van der Waals surface area contributed by atoms with E-state index in [0.717, 1.165) is 0 Å². The first-order valence-corrected chi connectivity index (χ1v) is 6.39. The predicted octanol–water partition coefficient (Wildman–Crippen LogP) is 2.93. The molecule has 18 heavy (non-hydrogen) atoms. The molecule has 0 unspecified atom stereocenters. The Kier molecular flexibility index (Phi) is 5.33. The van der Waals surface area contributed by atoms with E-state index in [9.17, 15) is 18.0 Å². The van der Waals surface area contributed by atoms with Crippen LogP contribution >= 0.6 is 11.8 Å². The first kappa shape index (κ1) is 14.7. The van der Waals surface area contributed by atoms with Crippen molar-refractivity contribution in [1.29, 1.82) is 0 Å². The number of amides is 1. The van der Waals surface area contributed by atoms with Gasteiger partial charge >= 0.3 is 6.18 Å². The van der Waals surface area contributed by atoms with Crippen LogP contribution in [0.3, 0.4) is 0 Å². The predicted molar refractivity (Wildman–Crippen MR) is 65.0 cm³/mol. The van der Waals surface area contributed by atoms with Crippen LogP contribution in [-0.4, -0.2) is 30.7 Å². The van der Waals surface area contributed by atoms with E-state index in [1.54, 1.807) is 12.3 Å². The summed E-state index contributed by atoms with van der Waals surface area (Å²) in [5.41, 5.74) is 0.237. The van der Waals surface area contributed by atoms with Crippen LogP contribution in [0.2, 0.25) is 0 Å². The Morgan fingerprint density at radius 2 is 2.06 bits per heavy atom. The molecule has 0 saturated carbocycles. The van der Waals surface area contributed by atoms with Gasteiger partial charge in [0.25, 0.3) is 0 Å². The second-order valence-electron chi connectivity index (χ2n) is 3.38. The van der Waals surface area contributed by atoms with Crippen molar-refractivity contribution < 1.29 is 22.7 Å². The molecule has 0 aromatic heterocycles. The fourth-order valence-electron chi connectivity index (χ4n) is 1.17. The Morgan fingerprint density at radius 3 is 2.67 bits per heavy atom. The molecule has 0 saturated heterocycles. The maximum atomic E-state index is 12.0. The van der Waals surface area contributed by atoms with E-state index in [1.807, 2.05) is 0 Å². The van der Waals surface area contributed by atoms with E-state index in [1.165, 1.54) is 30.0 Å². The van der Waals surface area contributed by atoms with Crippen molar-refractivity contribution >= 4 is 23.4 Å². The molecule has 1 aromatic carbocycles. The standard InChI is InChI=1S/C11H12F3NO2S/c1-18-6-10(16)15-8-4-2-3-5-9(8)17-7-11(12,13)14/h2-5H,6-7H2,1H3,(H,15,16). The van der Waals surface area contributed by atoms with Gasteiger partial charge in [-0.15, -0.1) is 0 Å². The van der Waals surface area contributed by atoms with E-state index >= 15 is 0 Å². The van der Waals surface area contributed by atoms with Crippen LogP contribution in [0.4, 0.5) is 18.9 Å². The summed E-state index contributed by atoms with van der Waals surface area (Å²) >= 11 is 1.32. The molecule has 7 heteroatoms. The number of benzene rings is 1. The number of rotatable bonds is 5. The van der Waals surface area contributed by atoms with Crippen molar-refractivity contribution in [2.24, 2.45) is 0 Å². The van der Waals surface area contributed by atoms with Gasteiger partial charge in [0.05, 0.1) is 11.4 Å². The van der Waals surface area contributed by atoms with Gasteiger partial charge in [-0.1, -0.05) is 12.1 Å². The van der Waals surface area contributed by atoms with Crippen molar-refractivity contribution in [1.82, 2.24) is 0 Å². The second kappa shape index (κ2) is 6.53. The minimum atomic E-state index is -4.41.